The Balaban J connectivity index is 1.54. The van der Waals surface area contributed by atoms with Gasteiger partial charge in [-0.2, -0.15) is 17.5 Å². The summed E-state index contributed by atoms with van der Waals surface area (Å²) in [5.74, 6) is 0.263. The highest BCUT2D eigenvalue weighted by Gasteiger charge is 2.35. The molecule has 1 aromatic heterocycles. The fourth-order valence-electron chi connectivity index (χ4n) is 3.65. The van der Waals surface area contributed by atoms with E-state index < -0.39 is 21.8 Å². The second-order valence-corrected chi connectivity index (χ2v) is 9.28. The van der Waals surface area contributed by atoms with Crippen LogP contribution in [0.5, 0.6) is 5.75 Å². The number of hydrogen-bond donors (Lipinski definition) is 0. The lowest BCUT2D eigenvalue weighted by atomic mass is 10.00. The average Bonchev–Trinajstić information content (AvgIpc) is 3.29. The van der Waals surface area contributed by atoms with E-state index in [4.69, 9.17) is 9.15 Å². The first-order valence-corrected chi connectivity index (χ1v) is 11.3. The number of benzene rings is 2. The number of rotatable bonds is 5. The van der Waals surface area contributed by atoms with Gasteiger partial charge in [0, 0.05) is 18.7 Å². The minimum absolute atomic E-state index is 0.0819. The molecule has 0 spiro atoms. The molecule has 2 heterocycles. The van der Waals surface area contributed by atoms with Crippen LogP contribution >= 0.6 is 0 Å². The molecule has 0 saturated carbocycles. The van der Waals surface area contributed by atoms with Crippen molar-refractivity contribution in [2.24, 2.45) is 0 Å². The van der Waals surface area contributed by atoms with Crippen molar-refractivity contribution in [3.05, 3.63) is 60.0 Å². The number of aromatic nitrogens is 2. The molecular weight excluding hydrogens is 447 g/mol. The predicted octanol–water partition coefficient (Wildman–Crippen LogP) is 4.33. The van der Waals surface area contributed by atoms with E-state index in [-0.39, 0.29) is 34.9 Å². The van der Waals surface area contributed by atoms with Gasteiger partial charge in [0.15, 0.2) is 0 Å². The van der Waals surface area contributed by atoms with Gasteiger partial charge in [-0.1, -0.05) is 12.1 Å². The number of para-hydroxylation sites is 1. The van der Waals surface area contributed by atoms with E-state index in [2.05, 4.69) is 10.2 Å². The molecule has 1 fully saturated rings. The number of halogens is 3. The molecule has 11 heteroatoms. The maximum Gasteiger partial charge on any atom is 0.416 e. The maximum atomic E-state index is 13.2. The van der Waals surface area contributed by atoms with Gasteiger partial charge in [-0.05, 0) is 49.2 Å². The van der Waals surface area contributed by atoms with Crippen LogP contribution in [0.2, 0.25) is 0 Å². The van der Waals surface area contributed by atoms with E-state index in [0.29, 0.717) is 24.9 Å². The van der Waals surface area contributed by atoms with E-state index in [0.717, 1.165) is 12.1 Å². The van der Waals surface area contributed by atoms with E-state index in [1.54, 1.807) is 18.2 Å². The molecule has 0 radical (unpaired) electrons. The molecular formula is C21H20F3N3O4S. The lowest BCUT2D eigenvalue weighted by molar-refractivity contribution is -0.137. The summed E-state index contributed by atoms with van der Waals surface area (Å²) >= 11 is 0. The van der Waals surface area contributed by atoms with Gasteiger partial charge in [0.2, 0.25) is 21.8 Å². The molecule has 1 saturated heterocycles. The first kappa shape index (κ1) is 22.3. The minimum atomic E-state index is -4.43. The van der Waals surface area contributed by atoms with E-state index >= 15 is 0 Å². The van der Waals surface area contributed by atoms with E-state index in [1.807, 2.05) is 0 Å². The summed E-state index contributed by atoms with van der Waals surface area (Å²) in [5.41, 5.74) is -0.420. The van der Waals surface area contributed by atoms with Crippen molar-refractivity contribution < 1.29 is 30.7 Å². The maximum absolute atomic E-state index is 13.2. The van der Waals surface area contributed by atoms with Gasteiger partial charge in [-0.25, -0.2) is 8.42 Å². The number of ether oxygens (including phenoxy) is 1. The number of nitrogens with zero attached hydrogens (tertiary/aromatic N) is 3. The zero-order valence-electron chi connectivity index (χ0n) is 17.0. The molecule has 170 valence electrons. The van der Waals surface area contributed by atoms with Gasteiger partial charge in [0.05, 0.1) is 18.6 Å². The summed E-state index contributed by atoms with van der Waals surface area (Å²) in [5, 5.41) is 7.97. The van der Waals surface area contributed by atoms with Crippen LogP contribution in [0, 0.1) is 0 Å². The molecule has 1 aliphatic heterocycles. The summed E-state index contributed by atoms with van der Waals surface area (Å²) in [4.78, 5) is 0.0825. The number of methoxy groups -OCH3 is 1. The summed E-state index contributed by atoms with van der Waals surface area (Å²) in [6.45, 7) is 0.492. The Hall–Kier alpha value is -2.92. The predicted molar refractivity (Wildman–Crippen MR) is 108 cm³/mol. The lowest BCUT2D eigenvalue weighted by Crippen LogP contribution is -2.39. The molecule has 3 aromatic rings. The molecule has 1 unspecified atom stereocenters. The van der Waals surface area contributed by atoms with Gasteiger partial charge in [0.1, 0.15) is 10.6 Å². The second kappa shape index (κ2) is 8.55. The summed E-state index contributed by atoms with van der Waals surface area (Å²) in [6, 6.07) is 10.8. The van der Waals surface area contributed by atoms with Crippen molar-refractivity contribution in [1.29, 1.82) is 0 Å². The molecule has 7 nitrogen and oxygen atoms in total. The Bertz CT molecular complexity index is 1190. The van der Waals surface area contributed by atoms with Crippen LogP contribution in [-0.2, 0) is 16.2 Å². The Morgan fingerprint density at radius 2 is 1.81 bits per heavy atom. The second-order valence-electron chi connectivity index (χ2n) is 7.37. The normalized spacial score (nSPS) is 17.9. The van der Waals surface area contributed by atoms with Crippen LogP contribution in [-0.4, -0.2) is 43.1 Å². The SMILES string of the molecule is COc1ccccc1S(=O)(=O)N1CCCC(c2nnc(-c3ccc(C(F)(F)F)cc3)o2)C1. The largest absolute Gasteiger partial charge is 0.495 e. The minimum Gasteiger partial charge on any atom is -0.495 e. The third kappa shape index (κ3) is 4.35. The van der Waals surface area contributed by atoms with Crippen molar-refractivity contribution in [1.82, 2.24) is 14.5 Å². The molecule has 2 aromatic carbocycles. The topological polar surface area (TPSA) is 85.5 Å². The quantitative estimate of drug-likeness (QED) is 0.555. The van der Waals surface area contributed by atoms with Crippen molar-refractivity contribution in [3.8, 4) is 17.2 Å². The van der Waals surface area contributed by atoms with Crippen LogP contribution in [0.25, 0.3) is 11.5 Å². The molecule has 0 bridgehead atoms. The Morgan fingerprint density at radius 3 is 2.50 bits per heavy atom. The molecule has 0 amide bonds. The zero-order chi connectivity index (χ0) is 22.9. The molecule has 1 atom stereocenters. The van der Waals surface area contributed by atoms with Crippen molar-refractivity contribution in [2.45, 2.75) is 29.8 Å². The van der Waals surface area contributed by atoms with Gasteiger partial charge in [-0.3, -0.25) is 0 Å². The van der Waals surface area contributed by atoms with Crippen molar-refractivity contribution in [2.75, 3.05) is 20.2 Å². The van der Waals surface area contributed by atoms with Crippen LogP contribution in [0.15, 0.2) is 57.8 Å². The van der Waals surface area contributed by atoms with Crippen LogP contribution in [0.3, 0.4) is 0 Å². The Morgan fingerprint density at radius 1 is 1.09 bits per heavy atom. The van der Waals surface area contributed by atoms with Crippen LogP contribution in [0.1, 0.15) is 30.2 Å². The molecule has 0 aliphatic carbocycles. The van der Waals surface area contributed by atoms with E-state index in [1.165, 1.54) is 29.6 Å². The number of hydrogen-bond acceptors (Lipinski definition) is 6. The average molecular weight is 467 g/mol. The van der Waals surface area contributed by atoms with Crippen molar-refractivity contribution in [3.63, 3.8) is 0 Å². The summed E-state index contributed by atoms with van der Waals surface area (Å²) in [6.07, 6.45) is -3.19. The summed E-state index contributed by atoms with van der Waals surface area (Å²) < 4.78 is 76.9. The van der Waals surface area contributed by atoms with Gasteiger partial charge in [0.25, 0.3) is 0 Å². The number of sulfonamides is 1. The fraction of sp³-hybridized carbons (Fsp3) is 0.333. The van der Waals surface area contributed by atoms with Crippen molar-refractivity contribution >= 4 is 10.0 Å². The summed E-state index contributed by atoms with van der Waals surface area (Å²) in [7, 11) is -2.39. The molecule has 1 aliphatic rings. The lowest BCUT2D eigenvalue weighted by Gasteiger charge is -2.30. The highest BCUT2D eigenvalue weighted by atomic mass is 32.2. The zero-order valence-corrected chi connectivity index (χ0v) is 17.9. The standard InChI is InChI=1S/C21H20F3N3O4S/c1-30-17-6-2-3-7-18(17)32(28,29)27-12-4-5-15(13-27)20-26-25-19(31-20)14-8-10-16(11-9-14)21(22,23)24/h2-3,6-11,15H,4-5,12-13H2,1H3. The van der Waals surface area contributed by atoms with Gasteiger partial charge < -0.3 is 9.15 Å². The molecule has 0 N–H and O–H groups in total. The van der Waals surface area contributed by atoms with Gasteiger partial charge in [-0.15, -0.1) is 10.2 Å². The van der Waals surface area contributed by atoms with Crippen LogP contribution < -0.4 is 4.74 Å². The number of alkyl halides is 3. The first-order valence-electron chi connectivity index (χ1n) is 9.84. The number of piperidine rings is 1. The Labute approximate surface area is 182 Å². The monoisotopic (exact) mass is 467 g/mol. The molecule has 4 rings (SSSR count). The Kier molecular flexibility index (Phi) is 5.95. The van der Waals surface area contributed by atoms with Gasteiger partial charge >= 0.3 is 6.18 Å². The third-order valence-electron chi connectivity index (χ3n) is 5.32. The highest BCUT2D eigenvalue weighted by molar-refractivity contribution is 7.89. The fourth-order valence-corrected chi connectivity index (χ4v) is 5.33. The van der Waals surface area contributed by atoms with Crippen LogP contribution in [0.4, 0.5) is 13.2 Å². The third-order valence-corrected chi connectivity index (χ3v) is 7.22. The van der Waals surface area contributed by atoms with E-state index in [9.17, 15) is 21.6 Å². The smallest absolute Gasteiger partial charge is 0.416 e. The highest BCUT2D eigenvalue weighted by Crippen LogP contribution is 2.34. The molecule has 32 heavy (non-hydrogen) atoms. The first-order chi connectivity index (χ1) is 15.2.